The quantitative estimate of drug-likeness (QED) is 0.230. The summed E-state index contributed by atoms with van der Waals surface area (Å²) >= 11 is 15.5. The topological polar surface area (TPSA) is 80.6 Å². The molecular weight excluding hydrogens is 555 g/mol. The lowest BCUT2D eigenvalue weighted by Gasteiger charge is -2.12. The first kappa shape index (κ1) is 26.4. The summed E-state index contributed by atoms with van der Waals surface area (Å²) in [5.74, 6) is 1.17. The maximum Gasteiger partial charge on any atom is 0.262 e. The molecule has 6 nitrogen and oxygen atoms in total. The molecular formula is C26H21BrCl2N2O4. The lowest BCUT2D eigenvalue weighted by molar-refractivity contribution is -0.117. The number of amides is 1. The van der Waals surface area contributed by atoms with Crippen LogP contribution in [0.4, 0.5) is 0 Å². The minimum atomic E-state index is -0.527. The van der Waals surface area contributed by atoms with Crippen molar-refractivity contribution in [3.63, 3.8) is 0 Å². The second-order valence-electron chi connectivity index (χ2n) is 7.25. The van der Waals surface area contributed by atoms with Crippen LogP contribution in [0.15, 0.2) is 64.6 Å². The average molecular weight is 576 g/mol. The van der Waals surface area contributed by atoms with Crippen LogP contribution in [0.1, 0.15) is 16.7 Å². The second kappa shape index (κ2) is 12.5. The standard InChI is InChI=1S/C26H21BrCl2N2O4/c1-33-21-6-4-17(25(12-21)34-2)14-31-26(32)19(13-30)10-18-11-20(27)5-8-24(18)35-15-16-3-7-22(28)23(29)9-16/h3-12H,14-15H2,1-2H3,(H,31,32)/b19-10+. The summed E-state index contributed by atoms with van der Waals surface area (Å²) in [7, 11) is 3.10. The van der Waals surface area contributed by atoms with Crippen LogP contribution in [-0.2, 0) is 17.9 Å². The van der Waals surface area contributed by atoms with Crippen molar-refractivity contribution in [3.05, 3.63) is 91.4 Å². The minimum absolute atomic E-state index is 0.0741. The highest BCUT2D eigenvalue weighted by molar-refractivity contribution is 9.10. The monoisotopic (exact) mass is 574 g/mol. The van der Waals surface area contributed by atoms with Gasteiger partial charge in [-0.3, -0.25) is 4.79 Å². The summed E-state index contributed by atoms with van der Waals surface area (Å²) < 4.78 is 17.3. The Kier molecular flexibility index (Phi) is 9.44. The number of halogens is 3. The molecule has 0 aliphatic rings. The largest absolute Gasteiger partial charge is 0.497 e. The van der Waals surface area contributed by atoms with Crippen molar-refractivity contribution in [1.82, 2.24) is 5.32 Å². The number of nitrogens with one attached hydrogen (secondary N) is 1. The maximum atomic E-state index is 12.8. The van der Waals surface area contributed by atoms with E-state index in [-0.39, 0.29) is 18.7 Å². The molecule has 35 heavy (non-hydrogen) atoms. The molecule has 0 aliphatic carbocycles. The molecule has 0 aromatic heterocycles. The molecule has 0 unspecified atom stereocenters. The highest BCUT2D eigenvalue weighted by Crippen LogP contribution is 2.28. The highest BCUT2D eigenvalue weighted by Gasteiger charge is 2.13. The number of benzene rings is 3. The van der Waals surface area contributed by atoms with Crippen molar-refractivity contribution >= 4 is 51.1 Å². The zero-order chi connectivity index (χ0) is 25.4. The number of hydrogen-bond acceptors (Lipinski definition) is 5. The molecule has 0 aliphatic heterocycles. The lowest BCUT2D eigenvalue weighted by Crippen LogP contribution is -2.24. The summed E-state index contributed by atoms with van der Waals surface area (Å²) in [5.41, 5.74) is 2.05. The summed E-state index contributed by atoms with van der Waals surface area (Å²) in [6.45, 7) is 0.398. The molecule has 3 rings (SSSR count). The third-order valence-electron chi connectivity index (χ3n) is 4.95. The molecule has 1 amide bonds. The minimum Gasteiger partial charge on any atom is -0.497 e. The van der Waals surface area contributed by atoms with Crippen LogP contribution in [0, 0.1) is 11.3 Å². The van der Waals surface area contributed by atoms with E-state index in [4.69, 9.17) is 37.4 Å². The molecule has 3 aromatic carbocycles. The Morgan fingerprint density at radius 3 is 2.51 bits per heavy atom. The van der Waals surface area contributed by atoms with Crippen molar-refractivity contribution in [2.24, 2.45) is 0 Å². The van der Waals surface area contributed by atoms with Gasteiger partial charge in [0.2, 0.25) is 0 Å². The van der Waals surface area contributed by atoms with Gasteiger partial charge in [-0.25, -0.2) is 0 Å². The predicted octanol–water partition coefficient (Wildman–Crippen LogP) is 6.58. The number of carbonyl (C=O) groups excluding carboxylic acids is 1. The van der Waals surface area contributed by atoms with E-state index in [9.17, 15) is 10.1 Å². The van der Waals surface area contributed by atoms with Crippen LogP contribution in [0.5, 0.6) is 17.2 Å². The van der Waals surface area contributed by atoms with E-state index in [1.165, 1.54) is 13.2 Å². The summed E-state index contributed by atoms with van der Waals surface area (Å²) in [6, 6.07) is 17.8. The fourth-order valence-corrected chi connectivity index (χ4v) is 3.83. The molecule has 0 atom stereocenters. The Hall–Kier alpha value is -3.18. The van der Waals surface area contributed by atoms with Gasteiger partial charge in [0.1, 0.15) is 35.5 Å². The molecule has 0 radical (unpaired) electrons. The van der Waals surface area contributed by atoms with Crippen molar-refractivity contribution in [1.29, 1.82) is 5.26 Å². The Bertz CT molecular complexity index is 1300. The molecule has 0 spiro atoms. The molecule has 0 saturated carbocycles. The first-order chi connectivity index (χ1) is 16.8. The Labute approximate surface area is 222 Å². The van der Waals surface area contributed by atoms with E-state index < -0.39 is 5.91 Å². The van der Waals surface area contributed by atoms with Gasteiger partial charge in [-0.15, -0.1) is 0 Å². The van der Waals surface area contributed by atoms with Gasteiger partial charge in [-0.1, -0.05) is 45.2 Å². The van der Waals surface area contributed by atoms with E-state index in [1.54, 1.807) is 49.6 Å². The van der Waals surface area contributed by atoms with E-state index in [0.29, 0.717) is 32.9 Å². The number of hydrogen-bond donors (Lipinski definition) is 1. The first-order valence-corrected chi connectivity index (χ1v) is 11.9. The molecule has 1 N–H and O–H groups in total. The molecule has 9 heteroatoms. The van der Waals surface area contributed by atoms with E-state index >= 15 is 0 Å². The van der Waals surface area contributed by atoms with Gasteiger partial charge in [0, 0.05) is 28.2 Å². The zero-order valence-electron chi connectivity index (χ0n) is 18.9. The number of nitrogens with zero attached hydrogens (tertiary/aromatic N) is 1. The van der Waals surface area contributed by atoms with Crippen LogP contribution in [0.3, 0.4) is 0 Å². The smallest absolute Gasteiger partial charge is 0.262 e. The van der Waals surface area contributed by atoms with Crippen LogP contribution in [-0.4, -0.2) is 20.1 Å². The van der Waals surface area contributed by atoms with Crippen LogP contribution >= 0.6 is 39.1 Å². The van der Waals surface area contributed by atoms with E-state index in [1.807, 2.05) is 18.2 Å². The molecule has 0 fully saturated rings. The van der Waals surface area contributed by atoms with Crippen molar-refractivity contribution in [3.8, 4) is 23.3 Å². The SMILES string of the molecule is COc1ccc(CNC(=O)/C(C#N)=C/c2cc(Br)ccc2OCc2ccc(Cl)c(Cl)c2)c(OC)c1. The Morgan fingerprint density at radius 1 is 1.03 bits per heavy atom. The van der Waals surface area contributed by atoms with Crippen LogP contribution < -0.4 is 19.5 Å². The number of methoxy groups -OCH3 is 2. The third kappa shape index (κ3) is 7.15. The van der Waals surface area contributed by atoms with Gasteiger partial charge >= 0.3 is 0 Å². The predicted molar refractivity (Wildman–Crippen MR) is 140 cm³/mol. The third-order valence-corrected chi connectivity index (χ3v) is 6.18. The Balaban J connectivity index is 1.77. The molecule has 0 bridgehead atoms. The summed E-state index contributed by atoms with van der Waals surface area (Å²) in [4.78, 5) is 12.8. The summed E-state index contributed by atoms with van der Waals surface area (Å²) in [5, 5.41) is 13.3. The fraction of sp³-hybridized carbons (Fsp3) is 0.154. The molecule has 180 valence electrons. The number of rotatable bonds is 9. The zero-order valence-corrected chi connectivity index (χ0v) is 22.0. The van der Waals surface area contributed by atoms with Crippen LogP contribution in [0.2, 0.25) is 10.0 Å². The maximum absolute atomic E-state index is 12.8. The highest BCUT2D eigenvalue weighted by atomic mass is 79.9. The van der Waals surface area contributed by atoms with Crippen molar-refractivity contribution < 1.29 is 19.0 Å². The number of carbonyl (C=O) groups is 1. The van der Waals surface area contributed by atoms with Crippen molar-refractivity contribution in [2.75, 3.05) is 14.2 Å². The molecule has 0 heterocycles. The second-order valence-corrected chi connectivity index (χ2v) is 8.98. The van der Waals surface area contributed by atoms with Gasteiger partial charge in [-0.05, 0) is 54.1 Å². The molecule has 0 saturated heterocycles. The Morgan fingerprint density at radius 2 is 1.83 bits per heavy atom. The number of nitriles is 1. The fourth-order valence-electron chi connectivity index (χ4n) is 3.13. The van der Waals surface area contributed by atoms with Gasteiger partial charge in [0.05, 0.1) is 24.3 Å². The first-order valence-electron chi connectivity index (χ1n) is 10.3. The normalized spacial score (nSPS) is 10.9. The van der Waals surface area contributed by atoms with Gasteiger partial charge in [0.15, 0.2) is 0 Å². The van der Waals surface area contributed by atoms with Gasteiger partial charge in [-0.2, -0.15) is 5.26 Å². The lowest BCUT2D eigenvalue weighted by atomic mass is 10.1. The van der Waals surface area contributed by atoms with Crippen molar-refractivity contribution in [2.45, 2.75) is 13.2 Å². The van der Waals surface area contributed by atoms with Crippen LogP contribution in [0.25, 0.3) is 6.08 Å². The average Bonchev–Trinajstić information content (AvgIpc) is 2.87. The van der Waals surface area contributed by atoms with E-state index in [2.05, 4.69) is 21.2 Å². The van der Waals surface area contributed by atoms with Gasteiger partial charge in [0.25, 0.3) is 5.91 Å². The van der Waals surface area contributed by atoms with Gasteiger partial charge < -0.3 is 19.5 Å². The molecule has 3 aromatic rings. The van der Waals surface area contributed by atoms with E-state index in [0.717, 1.165) is 15.6 Å². The number of ether oxygens (including phenoxy) is 3. The summed E-state index contributed by atoms with van der Waals surface area (Å²) in [6.07, 6.45) is 1.48.